The number of fused-ring (bicyclic) bond motifs is 3. The van der Waals surface area contributed by atoms with Crippen LogP contribution >= 0.6 is 11.6 Å². The Morgan fingerprint density at radius 3 is 3.25 bits per heavy atom. The third-order valence-electron chi connectivity index (χ3n) is 2.60. The Balaban J connectivity index is 2.21. The van der Waals surface area contributed by atoms with E-state index in [9.17, 15) is 0 Å². The molecular weight excluding hydrogens is 228 g/mol. The molecule has 0 aromatic carbocycles. The van der Waals surface area contributed by atoms with Crippen LogP contribution in [-0.4, -0.2) is 24.7 Å². The molecule has 1 unspecified atom stereocenters. The largest absolute Gasteiger partial charge is 0.358 e. The van der Waals surface area contributed by atoms with Gasteiger partial charge in [-0.3, -0.25) is 4.57 Å². The normalized spacial score (nSPS) is 17.5. The molecular formula is C9H9ClN6. The molecule has 3 rings (SSSR count). The van der Waals surface area contributed by atoms with E-state index in [1.165, 1.54) is 0 Å². The standard InChI is InChI=1S/C9H9ClN6/c1-2-5-8-15-12-4-16(8)6-3-11-9(10)14-7(6)13-5/h3-5H,2H2,1H3,(H,11,13,14). The zero-order chi connectivity index (χ0) is 11.1. The summed E-state index contributed by atoms with van der Waals surface area (Å²) < 4.78 is 1.89. The van der Waals surface area contributed by atoms with E-state index in [0.717, 1.165) is 23.8 Å². The van der Waals surface area contributed by atoms with E-state index in [1.54, 1.807) is 12.5 Å². The maximum atomic E-state index is 5.77. The second kappa shape index (κ2) is 3.41. The number of nitrogens with one attached hydrogen (secondary N) is 1. The van der Waals surface area contributed by atoms with Crippen molar-refractivity contribution >= 4 is 17.4 Å². The molecule has 16 heavy (non-hydrogen) atoms. The van der Waals surface area contributed by atoms with Gasteiger partial charge in [-0.2, -0.15) is 4.98 Å². The van der Waals surface area contributed by atoms with Gasteiger partial charge in [0.15, 0.2) is 11.6 Å². The van der Waals surface area contributed by atoms with Crippen molar-refractivity contribution in [1.29, 1.82) is 0 Å². The number of nitrogens with zero attached hydrogens (tertiary/aromatic N) is 5. The van der Waals surface area contributed by atoms with E-state index in [0.29, 0.717) is 0 Å². The topological polar surface area (TPSA) is 68.5 Å². The van der Waals surface area contributed by atoms with Crippen molar-refractivity contribution in [2.24, 2.45) is 0 Å². The van der Waals surface area contributed by atoms with Gasteiger partial charge in [-0.15, -0.1) is 10.2 Å². The lowest BCUT2D eigenvalue weighted by Crippen LogP contribution is -2.22. The molecule has 0 amide bonds. The molecule has 3 heterocycles. The molecule has 82 valence electrons. The molecule has 1 aliphatic rings. The van der Waals surface area contributed by atoms with E-state index < -0.39 is 0 Å². The lowest BCUT2D eigenvalue weighted by Gasteiger charge is -2.24. The van der Waals surface area contributed by atoms with E-state index in [4.69, 9.17) is 11.6 Å². The summed E-state index contributed by atoms with van der Waals surface area (Å²) in [6.45, 7) is 2.07. The molecule has 6 nitrogen and oxygen atoms in total. The van der Waals surface area contributed by atoms with E-state index in [2.05, 4.69) is 32.4 Å². The van der Waals surface area contributed by atoms with Gasteiger partial charge in [0.2, 0.25) is 5.28 Å². The minimum absolute atomic E-state index is 0.112. The summed E-state index contributed by atoms with van der Waals surface area (Å²) in [5.41, 5.74) is 0.828. The van der Waals surface area contributed by atoms with Crippen molar-refractivity contribution in [3.63, 3.8) is 0 Å². The minimum atomic E-state index is 0.112. The highest BCUT2D eigenvalue weighted by molar-refractivity contribution is 6.28. The van der Waals surface area contributed by atoms with Gasteiger partial charge in [-0.05, 0) is 18.0 Å². The Labute approximate surface area is 96.7 Å². The molecule has 0 saturated carbocycles. The first-order chi connectivity index (χ1) is 7.79. The first-order valence-electron chi connectivity index (χ1n) is 4.99. The minimum Gasteiger partial charge on any atom is -0.358 e. The summed E-state index contributed by atoms with van der Waals surface area (Å²) >= 11 is 5.77. The molecule has 0 saturated heterocycles. The van der Waals surface area contributed by atoms with Crippen LogP contribution in [0.15, 0.2) is 12.5 Å². The van der Waals surface area contributed by atoms with Gasteiger partial charge in [0, 0.05) is 0 Å². The van der Waals surface area contributed by atoms with Crippen LogP contribution in [0.25, 0.3) is 5.69 Å². The summed E-state index contributed by atoms with van der Waals surface area (Å²) in [5.74, 6) is 1.60. The molecule has 0 aliphatic carbocycles. The first kappa shape index (κ1) is 9.53. The van der Waals surface area contributed by atoms with Crippen molar-refractivity contribution in [1.82, 2.24) is 24.7 Å². The van der Waals surface area contributed by atoms with Gasteiger partial charge in [0.1, 0.15) is 12.0 Å². The average molecular weight is 237 g/mol. The smallest absolute Gasteiger partial charge is 0.224 e. The van der Waals surface area contributed by atoms with Gasteiger partial charge in [-0.25, -0.2) is 4.98 Å². The molecule has 0 radical (unpaired) electrons. The number of halogens is 1. The fourth-order valence-corrected chi connectivity index (χ4v) is 1.95. The van der Waals surface area contributed by atoms with Crippen molar-refractivity contribution in [3.05, 3.63) is 23.6 Å². The monoisotopic (exact) mass is 236 g/mol. The molecule has 7 heteroatoms. The number of hydrogen-bond donors (Lipinski definition) is 1. The molecule has 0 fully saturated rings. The van der Waals surface area contributed by atoms with E-state index in [1.807, 2.05) is 4.57 Å². The number of aromatic nitrogens is 5. The molecule has 0 bridgehead atoms. The Morgan fingerprint density at radius 1 is 1.56 bits per heavy atom. The van der Waals surface area contributed by atoms with E-state index in [-0.39, 0.29) is 11.3 Å². The van der Waals surface area contributed by atoms with Gasteiger partial charge in [0.05, 0.1) is 12.2 Å². The second-order valence-corrected chi connectivity index (χ2v) is 3.88. The van der Waals surface area contributed by atoms with Crippen LogP contribution in [0.2, 0.25) is 5.28 Å². The number of rotatable bonds is 1. The molecule has 1 aliphatic heterocycles. The van der Waals surface area contributed by atoms with Crippen molar-refractivity contribution in [3.8, 4) is 5.69 Å². The summed E-state index contributed by atoms with van der Waals surface area (Å²) in [4.78, 5) is 8.12. The SMILES string of the molecule is CCC1Nc2nc(Cl)ncc2-n2cnnc21. The Kier molecular flexibility index (Phi) is 2.03. The zero-order valence-electron chi connectivity index (χ0n) is 8.55. The van der Waals surface area contributed by atoms with E-state index >= 15 is 0 Å². The van der Waals surface area contributed by atoms with Gasteiger partial charge >= 0.3 is 0 Å². The molecule has 1 N–H and O–H groups in total. The lowest BCUT2D eigenvalue weighted by atomic mass is 10.1. The second-order valence-electron chi connectivity index (χ2n) is 3.54. The van der Waals surface area contributed by atoms with Crippen LogP contribution in [0.5, 0.6) is 0 Å². The lowest BCUT2D eigenvalue weighted by molar-refractivity contribution is 0.651. The van der Waals surface area contributed by atoms with Gasteiger partial charge in [-0.1, -0.05) is 6.92 Å². The third-order valence-corrected chi connectivity index (χ3v) is 2.79. The molecule has 2 aromatic heterocycles. The van der Waals surface area contributed by atoms with Crippen LogP contribution in [0, 0.1) is 0 Å². The third kappa shape index (κ3) is 1.26. The highest BCUT2D eigenvalue weighted by Gasteiger charge is 2.25. The van der Waals surface area contributed by atoms with Crippen LogP contribution in [0.3, 0.4) is 0 Å². The van der Waals surface area contributed by atoms with Gasteiger partial charge in [0.25, 0.3) is 0 Å². The summed E-state index contributed by atoms with van der Waals surface area (Å²) in [5, 5.41) is 11.5. The van der Waals surface area contributed by atoms with Crippen molar-refractivity contribution < 1.29 is 0 Å². The zero-order valence-corrected chi connectivity index (χ0v) is 9.31. The predicted octanol–water partition coefficient (Wildman–Crippen LogP) is 1.59. The molecule has 2 aromatic rings. The average Bonchev–Trinajstić information content (AvgIpc) is 2.76. The van der Waals surface area contributed by atoms with Crippen molar-refractivity contribution in [2.75, 3.05) is 5.32 Å². The van der Waals surface area contributed by atoms with Crippen LogP contribution in [0.1, 0.15) is 25.2 Å². The van der Waals surface area contributed by atoms with Crippen LogP contribution in [0.4, 0.5) is 5.82 Å². The summed E-state index contributed by atoms with van der Waals surface area (Å²) in [6.07, 6.45) is 4.23. The molecule has 0 spiro atoms. The highest BCUT2D eigenvalue weighted by atomic mass is 35.5. The maximum Gasteiger partial charge on any atom is 0.224 e. The van der Waals surface area contributed by atoms with Crippen molar-refractivity contribution in [2.45, 2.75) is 19.4 Å². The first-order valence-corrected chi connectivity index (χ1v) is 5.36. The number of hydrogen-bond acceptors (Lipinski definition) is 5. The predicted molar refractivity (Wildman–Crippen MR) is 58.6 cm³/mol. The Hall–Kier alpha value is -1.69. The highest BCUT2D eigenvalue weighted by Crippen LogP contribution is 2.31. The number of anilines is 1. The fourth-order valence-electron chi connectivity index (χ4n) is 1.82. The van der Waals surface area contributed by atoms with Crippen LogP contribution < -0.4 is 5.32 Å². The fraction of sp³-hybridized carbons (Fsp3) is 0.333. The molecule has 1 atom stereocenters. The quantitative estimate of drug-likeness (QED) is 0.762. The maximum absolute atomic E-state index is 5.77. The summed E-state index contributed by atoms with van der Waals surface area (Å²) in [7, 11) is 0. The van der Waals surface area contributed by atoms with Crippen LogP contribution in [-0.2, 0) is 0 Å². The Bertz CT molecular complexity index is 537. The summed E-state index contributed by atoms with van der Waals surface area (Å²) in [6, 6.07) is 0.112. The van der Waals surface area contributed by atoms with Gasteiger partial charge < -0.3 is 5.32 Å². The Morgan fingerprint density at radius 2 is 2.44 bits per heavy atom.